The van der Waals surface area contributed by atoms with Crippen molar-refractivity contribution in [1.82, 2.24) is 10.2 Å². The van der Waals surface area contributed by atoms with Crippen molar-refractivity contribution in [3.05, 3.63) is 35.9 Å². The number of nitrogens with zero attached hydrogens (tertiary/aromatic N) is 1. The maximum atomic E-state index is 12.5. The lowest BCUT2D eigenvalue weighted by Gasteiger charge is -2.26. The van der Waals surface area contributed by atoms with Crippen molar-refractivity contribution in [3.8, 4) is 0 Å². The van der Waals surface area contributed by atoms with E-state index < -0.39 is 0 Å². The zero-order valence-corrected chi connectivity index (χ0v) is 13.9. The molecule has 3 saturated heterocycles. The summed E-state index contributed by atoms with van der Waals surface area (Å²) in [5.74, 6) is 0.154. The summed E-state index contributed by atoms with van der Waals surface area (Å²) in [6.45, 7) is 2.10. The summed E-state index contributed by atoms with van der Waals surface area (Å²) in [6.07, 6.45) is 3.84. The van der Waals surface area contributed by atoms with Gasteiger partial charge in [-0.1, -0.05) is 30.3 Å². The van der Waals surface area contributed by atoms with E-state index in [1.54, 1.807) is 0 Å². The highest BCUT2D eigenvalue weighted by Gasteiger charge is 2.44. The van der Waals surface area contributed by atoms with Crippen molar-refractivity contribution in [2.75, 3.05) is 13.1 Å². The number of hydrogen-bond acceptors (Lipinski definition) is 4. The Kier molecular flexibility index (Phi) is 4.57. The third-order valence-corrected chi connectivity index (χ3v) is 5.69. The molecule has 1 aromatic rings. The van der Waals surface area contributed by atoms with Crippen molar-refractivity contribution < 1.29 is 14.6 Å². The topological polar surface area (TPSA) is 61.8 Å². The molecule has 0 spiro atoms. The van der Waals surface area contributed by atoms with Gasteiger partial charge in [-0.05, 0) is 31.2 Å². The van der Waals surface area contributed by atoms with Gasteiger partial charge in [-0.15, -0.1) is 0 Å². The molecule has 0 aliphatic carbocycles. The average molecular weight is 330 g/mol. The van der Waals surface area contributed by atoms with Crippen LogP contribution in [0.3, 0.4) is 0 Å². The fourth-order valence-corrected chi connectivity index (χ4v) is 4.44. The Balaban J connectivity index is 1.32. The number of likely N-dealkylation sites (tertiary alicyclic amines) is 1. The Morgan fingerprint density at radius 1 is 1.25 bits per heavy atom. The van der Waals surface area contributed by atoms with Crippen molar-refractivity contribution in [2.24, 2.45) is 5.92 Å². The lowest BCUT2D eigenvalue weighted by atomic mass is 9.88. The maximum absolute atomic E-state index is 12.5. The van der Waals surface area contributed by atoms with Crippen LogP contribution in [0.1, 0.15) is 31.2 Å². The first-order valence-electron chi connectivity index (χ1n) is 9.08. The summed E-state index contributed by atoms with van der Waals surface area (Å²) in [5.41, 5.74) is 1.24. The fraction of sp³-hybridized carbons (Fsp3) is 0.632. The van der Waals surface area contributed by atoms with Crippen LogP contribution in [0.5, 0.6) is 0 Å². The molecule has 3 aliphatic rings. The SMILES string of the molecule is O=C(NCC1CC(O)CN1Cc1ccccc1)C1CC2CCC1O2. The van der Waals surface area contributed by atoms with E-state index in [0.717, 1.165) is 32.2 Å². The predicted octanol–water partition coefficient (Wildman–Crippen LogP) is 1.31. The van der Waals surface area contributed by atoms with Gasteiger partial charge in [-0.25, -0.2) is 0 Å². The van der Waals surface area contributed by atoms with Crippen LogP contribution in [-0.4, -0.2) is 53.4 Å². The van der Waals surface area contributed by atoms with Crippen LogP contribution < -0.4 is 5.32 Å². The van der Waals surface area contributed by atoms with Crippen LogP contribution in [-0.2, 0) is 16.1 Å². The molecule has 4 rings (SSSR count). The summed E-state index contributed by atoms with van der Waals surface area (Å²) in [6, 6.07) is 10.5. The second-order valence-corrected chi connectivity index (χ2v) is 7.42. The van der Waals surface area contributed by atoms with Gasteiger partial charge in [-0.3, -0.25) is 9.69 Å². The normalized spacial score (nSPS) is 35.5. The third-order valence-electron chi connectivity index (χ3n) is 5.69. The van der Waals surface area contributed by atoms with E-state index in [2.05, 4.69) is 22.3 Å². The van der Waals surface area contributed by atoms with E-state index in [1.807, 2.05) is 18.2 Å². The fourth-order valence-electron chi connectivity index (χ4n) is 4.44. The van der Waals surface area contributed by atoms with E-state index in [1.165, 1.54) is 5.56 Å². The summed E-state index contributed by atoms with van der Waals surface area (Å²) < 4.78 is 5.78. The molecule has 0 radical (unpaired) electrons. The van der Waals surface area contributed by atoms with Gasteiger partial charge in [0.2, 0.25) is 5.91 Å². The highest BCUT2D eigenvalue weighted by atomic mass is 16.5. The van der Waals surface area contributed by atoms with Crippen LogP contribution in [0.15, 0.2) is 30.3 Å². The van der Waals surface area contributed by atoms with Gasteiger partial charge in [0.05, 0.1) is 24.2 Å². The van der Waals surface area contributed by atoms with Gasteiger partial charge < -0.3 is 15.2 Å². The van der Waals surface area contributed by atoms with Crippen LogP contribution >= 0.6 is 0 Å². The molecule has 1 amide bonds. The number of ether oxygens (including phenoxy) is 1. The van der Waals surface area contributed by atoms with Crippen molar-refractivity contribution in [2.45, 2.75) is 56.6 Å². The molecule has 5 unspecified atom stereocenters. The van der Waals surface area contributed by atoms with E-state index in [4.69, 9.17) is 4.74 Å². The zero-order valence-electron chi connectivity index (χ0n) is 13.9. The number of aliphatic hydroxyl groups excluding tert-OH is 1. The number of rotatable bonds is 5. The second kappa shape index (κ2) is 6.82. The van der Waals surface area contributed by atoms with E-state index in [-0.39, 0.29) is 30.1 Å². The lowest BCUT2D eigenvalue weighted by Crippen LogP contribution is -2.43. The van der Waals surface area contributed by atoms with Crippen LogP contribution in [0.2, 0.25) is 0 Å². The molecule has 5 nitrogen and oxygen atoms in total. The molecule has 3 heterocycles. The first-order valence-corrected chi connectivity index (χ1v) is 9.08. The standard InChI is InChI=1S/C19H26N2O3/c22-15-8-14(21(12-15)11-13-4-2-1-3-5-13)10-20-19(23)17-9-16-6-7-18(17)24-16/h1-5,14-18,22H,6-12H2,(H,20,23). The molecule has 5 atom stereocenters. The molecule has 2 N–H and O–H groups in total. The third kappa shape index (κ3) is 3.34. The Bertz CT molecular complexity index is 579. The van der Waals surface area contributed by atoms with Gasteiger partial charge in [-0.2, -0.15) is 0 Å². The molecule has 0 saturated carbocycles. The van der Waals surface area contributed by atoms with Gasteiger partial charge in [0.1, 0.15) is 0 Å². The van der Waals surface area contributed by atoms with E-state index >= 15 is 0 Å². The van der Waals surface area contributed by atoms with Crippen molar-refractivity contribution in [3.63, 3.8) is 0 Å². The Morgan fingerprint density at radius 2 is 2.08 bits per heavy atom. The Morgan fingerprint density at radius 3 is 2.79 bits per heavy atom. The molecule has 24 heavy (non-hydrogen) atoms. The summed E-state index contributed by atoms with van der Waals surface area (Å²) in [5, 5.41) is 13.2. The number of β-amino-alcohol motifs (C(OH)–C–C–N with tert-alkyl or cyclic N) is 1. The van der Waals surface area contributed by atoms with Gasteiger partial charge in [0.15, 0.2) is 0 Å². The number of carbonyl (C=O) groups excluding carboxylic acids is 1. The highest BCUT2D eigenvalue weighted by Crippen LogP contribution is 2.38. The van der Waals surface area contributed by atoms with Crippen LogP contribution in [0, 0.1) is 5.92 Å². The molecule has 5 heteroatoms. The lowest BCUT2D eigenvalue weighted by molar-refractivity contribution is -0.126. The molecule has 1 aromatic carbocycles. The largest absolute Gasteiger partial charge is 0.392 e. The highest BCUT2D eigenvalue weighted by molar-refractivity contribution is 5.79. The molecular weight excluding hydrogens is 304 g/mol. The second-order valence-electron chi connectivity index (χ2n) is 7.42. The first-order chi connectivity index (χ1) is 11.7. The van der Waals surface area contributed by atoms with Crippen molar-refractivity contribution in [1.29, 1.82) is 0 Å². The smallest absolute Gasteiger partial charge is 0.225 e. The van der Waals surface area contributed by atoms with Gasteiger partial charge in [0, 0.05) is 25.7 Å². The Hall–Kier alpha value is -1.43. The van der Waals surface area contributed by atoms with E-state index in [9.17, 15) is 9.90 Å². The molecule has 3 aliphatic heterocycles. The molecule has 3 fully saturated rings. The average Bonchev–Trinajstić information content (AvgIpc) is 3.29. The monoisotopic (exact) mass is 330 g/mol. The number of amides is 1. The number of nitrogens with one attached hydrogen (secondary N) is 1. The van der Waals surface area contributed by atoms with Crippen LogP contribution in [0.4, 0.5) is 0 Å². The van der Waals surface area contributed by atoms with Crippen molar-refractivity contribution >= 4 is 5.91 Å². The molecular formula is C19H26N2O3. The quantitative estimate of drug-likeness (QED) is 0.854. The molecule has 2 bridgehead atoms. The zero-order chi connectivity index (χ0) is 16.5. The maximum Gasteiger partial charge on any atom is 0.225 e. The summed E-state index contributed by atoms with van der Waals surface area (Å²) in [7, 11) is 0. The first kappa shape index (κ1) is 16.1. The number of carbonyl (C=O) groups is 1. The Labute approximate surface area is 143 Å². The number of fused-ring (bicyclic) bond motifs is 2. The van der Waals surface area contributed by atoms with Gasteiger partial charge >= 0.3 is 0 Å². The number of benzene rings is 1. The van der Waals surface area contributed by atoms with E-state index in [0.29, 0.717) is 19.2 Å². The minimum absolute atomic E-state index is 0.0256. The summed E-state index contributed by atoms with van der Waals surface area (Å²) in [4.78, 5) is 14.7. The number of aliphatic hydroxyl groups is 1. The molecule has 0 aromatic heterocycles. The van der Waals surface area contributed by atoms with Crippen LogP contribution in [0.25, 0.3) is 0 Å². The summed E-state index contributed by atoms with van der Waals surface area (Å²) >= 11 is 0. The number of hydrogen-bond donors (Lipinski definition) is 2. The molecule has 130 valence electrons. The minimum atomic E-state index is -0.304. The van der Waals surface area contributed by atoms with Gasteiger partial charge in [0.25, 0.3) is 0 Å². The minimum Gasteiger partial charge on any atom is -0.392 e. The predicted molar refractivity (Wildman–Crippen MR) is 90.3 cm³/mol.